The zero-order valence-electron chi connectivity index (χ0n) is 11.7. The van der Waals surface area contributed by atoms with Crippen molar-refractivity contribution in [2.75, 3.05) is 26.9 Å². The van der Waals surface area contributed by atoms with Gasteiger partial charge in [0.2, 0.25) is 0 Å². The summed E-state index contributed by atoms with van der Waals surface area (Å²) in [4.78, 5) is 0. The molecule has 1 saturated heterocycles. The van der Waals surface area contributed by atoms with Crippen LogP contribution < -0.4 is 10.1 Å². The van der Waals surface area contributed by atoms with Gasteiger partial charge in [-0.15, -0.1) is 0 Å². The van der Waals surface area contributed by atoms with E-state index in [-0.39, 0.29) is 5.41 Å². The largest absolute Gasteiger partial charge is 0.496 e. The van der Waals surface area contributed by atoms with Crippen LogP contribution in [0.1, 0.15) is 37.9 Å². The highest BCUT2D eigenvalue weighted by molar-refractivity contribution is 5.42. The van der Waals surface area contributed by atoms with Gasteiger partial charge in [0.25, 0.3) is 0 Å². The number of hydrogen-bond donors (Lipinski definition) is 1. The molecule has 3 heteroatoms. The van der Waals surface area contributed by atoms with E-state index < -0.39 is 0 Å². The molecule has 0 saturated carbocycles. The van der Waals surface area contributed by atoms with Gasteiger partial charge in [-0.1, -0.05) is 26.8 Å². The molecule has 1 aliphatic heterocycles. The first-order valence-electron chi connectivity index (χ1n) is 6.52. The van der Waals surface area contributed by atoms with E-state index in [1.165, 1.54) is 11.1 Å². The van der Waals surface area contributed by atoms with E-state index in [1.807, 2.05) is 0 Å². The Labute approximate surface area is 109 Å². The van der Waals surface area contributed by atoms with E-state index in [4.69, 9.17) is 9.47 Å². The molecule has 1 unspecified atom stereocenters. The van der Waals surface area contributed by atoms with Gasteiger partial charge in [0.15, 0.2) is 0 Å². The Morgan fingerprint density at radius 3 is 2.67 bits per heavy atom. The van der Waals surface area contributed by atoms with Gasteiger partial charge in [-0.05, 0) is 28.7 Å². The van der Waals surface area contributed by atoms with Crippen LogP contribution in [0.2, 0.25) is 0 Å². The molecule has 0 spiro atoms. The molecule has 1 aliphatic rings. The van der Waals surface area contributed by atoms with Gasteiger partial charge in [-0.3, -0.25) is 0 Å². The van der Waals surface area contributed by atoms with Gasteiger partial charge in [0, 0.05) is 6.54 Å². The topological polar surface area (TPSA) is 30.5 Å². The van der Waals surface area contributed by atoms with Crippen molar-refractivity contribution >= 4 is 0 Å². The van der Waals surface area contributed by atoms with Gasteiger partial charge in [-0.2, -0.15) is 0 Å². The van der Waals surface area contributed by atoms with E-state index in [9.17, 15) is 0 Å². The average Bonchev–Trinajstić information content (AvgIpc) is 2.38. The molecule has 0 radical (unpaired) electrons. The Balaban J connectivity index is 2.33. The summed E-state index contributed by atoms with van der Waals surface area (Å²) in [6.45, 7) is 9.09. The molecule has 100 valence electrons. The SMILES string of the molecule is COc1ccc(C2COCCN2)cc1C(C)(C)C. The monoisotopic (exact) mass is 249 g/mol. The maximum absolute atomic E-state index is 5.52. The molecule has 18 heavy (non-hydrogen) atoms. The normalized spacial score (nSPS) is 20.8. The van der Waals surface area contributed by atoms with Crippen LogP contribution in [-0.2, 0) is 10.2 Å². The molecule has 0 bridgehead atoms. The van der Waals surface area contributed by atoms with Crippen molar-refractivity contribution in [2.24, 2.45) is 0 Å². The van der Waals surface area contributed by atoms with E-state index in [0.717, 1.165) is 25.5 Å². The lowest BCUT2D eigenvalue weighted by Crippen LogP contribution is -2.34. The molecule has 1 aromatic carbocycles. The second-order valence-corrected chi connectivity index (χ2v) is 5.79. The smallest absolute Gasteiger partial charge is 0.122 e. The van der Waals surface area contributed by atoms with E-state index in [2.05, 4.69) is 44.3 Å². The van der Waals surface area contributed by atoms with Crippen LogP contribution in [0.4, 0.5) is 0 Å². The summed E-state index contributed by atoms with van der Waals surface area (Å²) in [6, 6.07) is 6.73. The van der Waals surface area contributed by atoms with Gasteiger partial charge in [-0.25, -0.2) is 0 Å². The number of benzene rings is 1. The minimum absolute atomic E-state index is 0.0802. The van der Waals surface area contributed by atoms with Crippen molar-refractivity contribution in [2.45, 2.75) is 32.2 Å². The average molecular weight is 249 g/mol. The van der Waals surface area contributed by atoms with Crippen molar-refractivity contribution in [1.82, 2.24) is 5.32 Å². The van der Waals surface area contributed by atoms with Crippen LogP contribution in [0.5, 0.6) is 5.75 Å². The first-order valence-corrected chi connectivity index (χ1v) is 6.52. The summed E-state index contributed by atoms with van der Waals surface area (Å²) in [5.74, 6) is 0.961. The van der Waals surface area contributed by atoms with Crippen LogP contribution in [0.3, 0.4) is 0 Å². The molecule has 1 heterocycles. The third-order valence-electron chi connectivity index (χ3n) is 3.36. The second-order valence-electron chi connectivity index (χ2n) is 5.79. The predicted octanol–water partition coefficient (Wildman–Crippen LogP) is 2.65. The number of morpholine rings is 1. The number of rotatable bonds is 2. The van der Waals surface area contributed by atoms with Crippen LogP contribution in [0.15, 0.2) is 18.2 Å². The predicted molar refractivity (Wildman–Crippen MR) is 73.3 cm³/mol. The Bertz CT molecular complexity index is 403. The number of nitrogens with one attached hydrogen (secondary N) is 1. The summed E-state index contributed by atoms with van der Waals surface area (Å²) < 4.78 is 11.0. The van der Waals surface area contributed by atoms with Gasteiger partial charge in [0.05, 0.1) is 26.4 Å². The molecule has 0 aliphatic carbocycles. The Hall–Kier alpha value is -1.06. The zero-order chi connectivity index (χ0) is 13.2. The van der Waals surface area contributed by atoms with Gasteiger partial charge in [0.1, 0.15) is 5.75 Å². The quantitative estimate of drug-likeness (QED) is 0.874. The van der Waals surface area contributed by atoms with Crippen LogP contribution in [0, 0.1) is 0 Å². The summed E-state index contributed by atoms with van der Waals surface area (Å²) in [5, 5.41) is 3.49. The maximum atomic E-state index is 5.52. The van der Waals surface area contributed by atoms with E-state index in [0.29, 0.717) is 6.04 Å². The Morgan fingerprint density at radius 2 is 2.11 bits per heavy atom. The summed E-state index contributed by atoms with van der Waals surface area (Å²) in [7, 11) is 1.73. The molecular formula is C15H23NO2. The lowest BCUT2D eigenvalue weighted by atomic mass is 9.84. The van der Waals surface area contributed by atoms with Crippen LogP contribution in [-0.4, -0.2) is 26.9 Å². The zero-order valence-corrected chi connectivity index (χ0v) is 11.7. The fraction of sp³-hybridized carbons (Fsp3) is 0.600. The molecule has 1 N–H and O–H groups in total. The fourth-order valence-corrected chi connectivity index (χ4v) is 2.31. The highest BCUT2D eigenvalue weighted by Crippen LogP contribution is 2.33. The van der Waals surface area contributed by atoms with Crippen LogP contribution >= 0.6 is 0 Å². The highest BCUT2D eigenvalue weighted by Gasteiger charge is 2.22. The van der Waals surface area contributed by atoms with Crippen LogP contribution in [0.25, 0.3) is 0 Å². The lowest BCUT2D eigenvalue weighted by molar-refractivity contribution is 0.0768. The molecule has 3 nitrogen and oxygen atoms in total. The first-order chi connectivity index (χ1) is 8.52. The second kappa shape index (κ2) is 5.29. The van der Waals surface area contributed by atoms with Gasteiger partial charge < -0.3 is 14.8 Å². The lowest BCUT2D eigenvalue weighted by Gasteiger charge is -2.27. The third kappa shape index (κ3) is 2.85. The van der Waals surface area contributed by atoms with Crippen molar-refractivity contribution in [3.63, 3.8) is 0 Å². The number of ether oxygens (including phenoxy) is 2. The Kier molecular flexibility index (Phi) is 3.93. The molecule has 0 aromatic heterocycles. The maximum Gasteiger partial charge on any atom is 0.122 e. The number of methoxy groups -OCH3 is 1. The molecule has 1 atom stereocenters. The fourth-order valence-electron chi connectivity index (χ4n) is 2.31. The summed E-state index contributed by atoms with van der Waals surface area (Å²) >= 11 is 0. The summed E-state index contributed by atoms with van der Waals surface area (Å²) in [6.07, 6.45) is 0. The standard InChI is InChI=1S/C15H23NO2/c1-15(2,3)12-9-11(5-6-14(12)17-4)13-10-18-8-7-16-13/h5-6,9,13,16H,7-8,10H2,1-4H3. The van der Waals surface area contributed by atoms with Crippen molar-refractivity contribution in [1.29, 1.82) is 0 Å². The van der Waals surface area contributed by atoms with Crippen molar-refractivity contribution < 1.29 is 9.47 Å². The van der Waals surface area contributed by atoms with Crippen molar-refractivity contribution in [3.05, 3.63) is 29.3 Å². The van der Waals surface area contributed by atoms with E-state index in [1.54, 1.807) is 7.11 Å². The summed E-state index contributed by atoms with van der Waals surface area (Å²) in [5.41, 5.74) is 2.60. The molecule has 1 fully saturated rings. The molecule has 1 aromatic rings. The number of hydrogen-bond acceptors (Lipinski definition) is 3. The highest BCUT2D eigenvalue weighted by atomic mass is 16.5. The van der Waals surface area contributed by atoms with Gasteiger partial charge >= 0.3 is 0 Å². The Morgan fingerprint density at radius 1 is 1.33 bits per heavy atom. The first kappa shape index (κ1) is 13.4. The minimum Gasteiger partial charge on any atom is -0.496 e. The molecule has 0 amide bonds. The molecular weight excluding hydrogens is 226 g/mol. The molecule has 2 rings (SSSR count). The third-order valence-corrected chi connectivity index (χ3v) is 3.36. The minimum atomic E-state index is 0.0802. The van der Waals surface area contributed by atoms with E-state index >= 15 is 0 Å². The van der Waals surface area contributed by atoms with Crippen molar-refractivity contribution in [3.8, 4) is 5.75 Å².